The molecule has 0 radical (unpaired) electrons. The lowest BCUT2D eigenvalue weighted by Gasteiger charge is -2.10. The lowest BCUT2D eigenvalue weighted by atomic mass is 10.2. The van der Waals surface area contributed by atoms with Gasteiger partial charge in [-0.25, -0.2) is 4.98 Å². The van der Waals surface area contributed by atoms with E-state index in [0.717, 1.165) is 11.5 Å². The summed E-state index contributed by atoms with van der Waals surface area (Å²) in [5, 5.41) is 9.83. The number of thioether (sulfide) groups is 1. The summed E-state index contributed by atoms with van der Waals surface area (Å²) in [6.07, 6.45) is 5.00. The van der Waals surface area contributed by atoms with Crippen molar-refractivity contribution in [2.75, 3.05) is 5.75 Å². The zero-order valence-corrected chi connectivity index (χ0v) is 10.4. The van der Waals surface area contributed by atoms with Gasteiger partial charge in [0, 0.05) is 23.9 Å². The van der Waals surface area contributed by atoms with Gasteiger partial charge in [-0.3, -0.25) is 0 Å². The van der Waals surface area contributed by atoms with E-state index in [1.54, 1.807) is 24.3 Å². The second-order valence-corrected chi connectivity index (χ2v) is 4.94. The monoisotopic (exact) mass is 248 g/mol. The first-order valence-corrected chi connectivity index (χ1v) is 6.75. The fraction of sp³-hybridized carbons (Fsp3) is 0.308. The molecule has 0 bridgehead atoms. The zero-order chi connectivity index (χ0) is 11.9. The first-order chi connectivity index (χ1) is 8.34. The molecule has 0 aliphatic heterocycles. The third kappa shape index (κ3) is 4.24. The van der Waals surface area contributed by atoms with Crippen LogP contribution < -0.4 is 0 Å². The van der Waals surface area contributed by atoms with E-state index in [9.17, 15) is 5.11 Å². The average molecular weight is 248 g/mol. The molecule has 0 amide bonds. The Bertz CT molecular complexity index is 416. The van der Waals surface area contributed by atoms with Gasteiger partial charge in [0.15, 0.2) is 0 Å². The van der Waals surface area contributed by atoms with Crippen molar-refractivity contribution in [3.63, 3.8) is 0 Å². The van der Waals surface area contributed by atoms with Crippen molar-refractivity contribution in [1.82, 2.24) is 9.55 Å². The van der Waals surface area contributed by atoms with Crippen molar-refractivity contribution in [1.29, 1.82) is 0 Å². The third-order valence-electron chi connectivity index (χ3n) is 2.40. The molecular formula is C13H16N2OS. The molecule has 1 unspecified atom stereocenters. The van der Waals surface area contributed by atoms with Crippen molar-refractivity contribution < 1.29 is 5.11 Å². The van der Waals surface area contributed by atoms with Gasteiger partial charge >= 0.3 is 0 Å². The summed E-state index contributed by atoms with van der Waals surface area (Å²) >= 11 is 1.75. The van der Waals surface area contributed by atoms with E-state index in [-0.39, 0.29) is 6.10 Å². The summed E-state index contributed by atoms with van der Waals surface area (Å²) in [4.78, 5) is 3.95. The third-order valence-corrected chi connectivity index (χ3v) is 3.56. The van der Waals surface area contributed by atoms with Crippen LogP contribution in [-0.2, 0) is 12.3 Å². The number of aromatic nitrogens is 2. The fourth-order valence-corrected chi connectivity index (χ4v) is 2.50. The summed E-state index contributed by atoms with van der Waals surface area (Å²) in [5.41, 5.74) is 1.30. The normalized spacial score (nSPS) is 12.5. The Hall–Kier alpha value is -1.26. The van der Waals surface area contributed by atoms with Crippen molar-refractivity contribution >= 4 is 11.8 Å². The highest BCUT2D eigenvalue weighted by atomic mass is 32.2. The maximum absolute atomic E-state index is 9.83. The highest BCUT2D eigenvalue weighted by Gasteiger charge is 2.05. The van der Waals surface area contributed by atoms with E-state index in [1.165, 1.54) is 5.56 Å². The molecule has 1 heterocycles. The maximum atomic E-state index is 9.83. The molecule has 1 N–H and O–H groups in total. The molecule has 4 heteroatoms. The topological polar surface area (TPSA) is 38.0 Å². The molecule has 1 aromatic heterocycles. The summed E-state index contributed by atoms with van der Waals surface area (Å²) in [6.45, 7) is 0.613. The van der Waals surface area contributed by atoms with Gasteiger partial charge in [-0.2, -0.15) is 11.8 Å². The smallest absolute Gasteiger partial charge is 0.0946 e. The molecule has 2 aromatic rings. The minimum atomic E-state index is -0.321. The summed E-state index contributed by atoms with van der Waals surface area (Å²) in [6, 6.07) is 10.3. The fourth-order valence-electron chi connectivity index (χ4n) is 1.58. The quantitative estimate of drug-likeness (QED) is 0.851. The second kappa shape index (κ2) is 6.47. The van der Waals surface area contributed by atoms with Crippen molar-refractivity contribution in [3.05, 3.63) is 54.6 Å². The molecule has 0 saturated carbocycles. The van der Waals surface area contributed by atoms with Crippen LogP contribution in [0.25, 0.3) is 0 Å². The highest BCUT2D eigenvalue weighted by Crippen LogP contribution is 2.13. The van der Waals surface area contributed by atoms with E-state index in [4.69, 9.17) is 0 Å². The van der Waals surface area contributed by atoms with Gasteiger partial charge in [0.2, 0.25) is 0 Å². The van der Waals surface area contributed by atoms with Crippen LogP contribution in [0.1, 0.15) is 5.56 Å². The molecular weight excluding hydrogens is 232 g/mol. The number of benzene rings is 1. The van der Waals surface area contributed by atoms with Crippen LogP contribution >= 0.6 is 11.8 Å². The standard InChI is InChI=1S/C13H16N2OS/c16-13(8-15-7-6-14-11-15)10-17-9-12-4-2-1-3-5-12/h1-7,11,13,16H,8-10H2. The summed E-state index contributed by atoms with van der Waals surface area (Å²) in [7, 11) is 0. The van der Waals surface area contributed by atoms with Gasteiger partial charge < -0.3 is 9.67 Å². The lowest BCUT2D eigenvalue weighted by molar-refractivity contribution is 0.178. The van der Waals surface area contributed by atoms with Crippen molar-refractivity contribution in [2.24, 2.45) is 0 Å². The second-order valence-electron chi connectivity index (χ2n) is 3.91. The Morgan fingerprint density at radius 2 is 2.12 bits per heavy atom. The van der Waals surface area contributed by atoms with E-state index < -0.39 is 0 Å². The van der Waals surface area contributed by atoms with Crippen molar-refractivity contribution in [3.8, 4) is 0 Å². The Morgan fingerprint density at radius 1 is 1.29 bits per heavy atom. The molecule has 0 saturated heterocycles. The molecule has 90 valence electrons. The predicted molar refractivity (Wildman–Crippen MR) is 70.8 cm³/mol. The molecule has 1 atom stereocenters. The first kappa shape index (κ1) is 12.2. The lowest BCUT2D eigenvalue weighted by Crippen LogP contribution is -2.17. The maximum Gasteiger partial charge on any atom is 0.0946 e. The Morgan fingerprint density at radius 3 is 2.82 bits per heavy atom. The van der Waals surface area contributed by atoms with Gasteiger partial charge in [-0.05, 0) is 5.56 Å². The predicted octanol–water partition coefficient (Wildman–Crippen LogP) is 2.18. The van der Waals surface area contributed by atoms with Gasteiger partial charge in [0.1, 0.15) is 0 Å². The summed E-state index contributed by atoms with van der Waals surface area (Å²) in [5.74, 6) is 1.69. The highest BCUT2D eigenvalue weighted by molar-refractivity contribution is 7.98. The van der Waals surface area contributed by atoms with Gasteiger partial charge in [-0.15, -0.1) is 0 Å². The van der Waals surface area contributed by atoms with E-state index in [1.807, 2.05) is 29.0 Å². The number of aliphatic hydroxyl groups excluding tert-OH is 1. The number of hydrogen-bond donors (Lipinski definition) is 1. The molecule has 0 spiro atoms. The minimum absolute atomic E-state index is 0.321. The van der Waals surface area contributed by atoms with Gasteiger partial charge in [0.05, 0.1) is 19.0 Å². The summed E-state index contributed by atoms with van der Waals surface area (Å²) < 4.78 is 1.90. The van der Waals surface area contributed by atoms with Crippen LogP contribution in [0, 0.1) is 0 Å². The zero-order valence-electron chi connectivity index (χ0n) is 9.57. The van der Waals surface area contributed by atoms with E-state index in [2.05, 4.69) is 17.1 Å². The van der Waals surface area contributed by atoms with Crippen LogP contribution in [-0.4, -0.2) is 26.5 Å². The van der Waals surface area contributed by atoms with Crippen molar-refractivity contribution in [2.45, 2.75) is 18.4 Å². The van der Waals surface area contributed by atoms with Crippen LogP contribution in [0.15, 0.2) is 49.1 Å². The molecule has 1 aromatic carbocycles. The number of aliphatic hydroxyl groups is 1. The SMILES string of the molecule is OC(CSCc1ccccc1)Cn1ccnc1. The number of rotatable bonds is 6. The molecule has 0 aliphatic rings. The number of imidazole rings is 1. The van der Waals surface area contributed by atoms with Crippen LogP contribution in [0.4, 0.5) is 0 Å². The molecule has 17 heavy (non-hydrogen) atoms. The van der Waals surface area contributed by atoms with Gasteiger partial charge in [0.25, 0.3) is 0 Å². The van der Waals surface area contributed by atoms with Crippen LogP contribution in [0.2, 0.25) is 0 Å². The number of nitrogens with zero attached hydrogens (tertiary/aromatic N) is 2. The van der Waals surface area contributed by atoms with Crippen LogP contribution in [0.3, 0.4) is 0 Å². The van der Waals surface area contributed by atoms with Crippen LogP contribution in [0.5, 0.6) is 0 Å². The van der Waals surface area contributed by atoms with E-state index in [0.29, 0.717) is 6.54 Å². The average Bonchev–Trinajstić information content (AvgIpc) is 2.83. The molecule has 3 nitrogen and oxygen atoms in total. The first-order valence-electron chi connectivity index (χ1n) is 5.60. The largest absolute Gasteiger partial charge is 0.390 e. The Kier molecular flexibility index (Phi) is 4.64. The molecule has 2 rings (SSSR count). The minimum Gasteiger partial charge on any atom is -0.390 e. The Balaban J connectivity index is 1.68. The van der Waals surface area contributed by atoms with E-state index >= 15 is 0 Å². The number of hydrogen-bond acceptors (Lipinski definition) is 3. The Labute approximate surface area is 106 Å². The van der Waals surface area contributed by atoms with Gasteiger partial charge in [-0.1, -0.05) is 30.3 Å². The molecule has 0 aliphatic carbocycles. The molecule has 0 fully saturated rings.